The lowest BCUT2D eigenvalue weighted by Crippen LogP contribution is -2.35. The molecule has 0 aromatic heterocycles. The molecule has 0 nitrogen and oxygen atoms in total. The van der Waals surface area contributed by atoms with Gasteiger partial charge in [0.15, 0.2) is 23.3 Å². The van der Waals surface area contributed by atoms with E-state index in [1.165, 1.54) is 51.4 Å². The third-order valence-corrected chi connectivity index (χ3v) is 10.2. The van der Waals surface area contributed by atoms with Gasteiger partial charge in [-0.05, 0) is 52.9 Å². The van der Waals surface area contributed by atoms with Crippen LogP contribution in [0.5, 0.6) is 0 Å². The predicted octanol–water partition coefficient (Wildman–Crippen LogP) is 16.1. The zero-order chi connectivity index (χ0) is 38.1. The lowest BCUT2D eigenvalue weighted by molar-refractivity contribution is 0.0578. The fourth-order valence-corrected chi connectivity index (χ4v) is 5.07. The summed E-state index contributed by atoms with van der Waals surface area (Å²) in [5, 5.41) is 0. The van der Waals surface area contributed by atoms with Gasteiger partial charge < -0.3 is 0 Å². The molecular formula is C43H78F4. The van der Waals surface area contributed by atoms with Crippen LogP contribution in [0.3, 0.4) is 0 Å². The van der Waals surface area contributed by atoms with Gasteiger partial charge in [0, 0.05) is 6.07 Å². The van der Waals surface area contributed by atoms with Crippen molar-refractivity contribution >= 4 is 5.57 Å². The summed E-state index contributed by atoms with van der Waals surface area (Å²) in [4.78, 5) is 0. The number of benzene rings is 1. The minimum absolute atomic E-state index is 0.143. The second-order valence-corrected chi connectivity index (χ2v) is 14.5. The maximum absolute atomic E-state index is 13.0. The minimum Gasteiger partial charge on any atom is -0.204 e. The molecule has 4 heteroatoms. The molecular weight excluding hydrogens is 592 g/mol. The molecule has 0 bridgehead atoms. The number of halogens is 4. The zero-order valence-electron chi connectivity index (χ0n) is 33.9. The standard InChI is InChI=1S/C26H54.C10H6F4.C3H6.2C2H6/c1-20(2)23(5)24(6)21(3)18-16-14-12-13-15-17-19-22(4)26(10,11)25(7,8)9;1-3-5(2)8-9(13)6(11)4-7(12)10(8)14;1-3-2;2*1-2/h20-24H,12-19H2,1-11H3;3-4H,1-2H2;3H,1H2,2H3;2*1-2H3. The van der Waals surface area contributed by atoms with Crippen molar-refractivity contribution in [1.82, 2.24) is 0 Å². The van der Waals surface area contributed by atoms with Crippen LogP contribution in [-0.4, -0.2) is 0 Å². The monoisotopic (exact) mass is 671 g/mol. The first-order chi connectivity index (χ1) is 21.7. The van der Waals surface area contributed by atoms with Crippen LogP contribution in [0, 0.1) is 63.7 Å². The van der Waals surface area contributed by atoms with Crippen molar-refractivity contribution in [2.24, 2.45) is 40.4 Å². The molecule has 0 aliphatic carbocycles. The third kappa shape index (κ3) is 20.3. The highest BCUT2D eigenvalue weighted by atomic mass is 19.2. The van der Waals surface area contributed by atoms with Gasteiger partial charge in [-0.15, -0.1) is 6.58 Å². The summed E-state index contributed by atoms with van der Waals surface area (Å²) in [5.74, 6) is -1.61. The fraction of sp³-hybridized carbons (Fsp3) is 0.721. The van der Waals surface area contributed by atoms with Crippen molar-refractivity contribution in [1.29, 1.82) is 0 Å². The fourth-order valence-electron chi connectivity index (χ4n) is 5.07. The van der Waals surface area contributed by atoms with Crippen molar-refractivity contribution in [2.75, 3.05) is 0 Å². The number of unbranched alkanes of at least 4 members (excludes halogenated alkanes) is 5. The minimum atomic E-state index is -1.46. The Morgan fingerprint density at radius 1 is 0.681 bits per heavy atom. The molecule has 0 heterocycles. The maximum Gasteiger partial charge on any atom is 0.169 e. The molecule has 0 spiro atoms. The molecule has 0 saturated heterocycles. The summed E-state index contributed by atoms with van der Waals surface area (Å²) in [6, 6.07) is 0.143. The summed E-state index contributed by atoms with van der Waals surface area (Å²) in [6.45, 7) is 46.4. The summed E-state index contributed by atoms with van der Waals surface area (Å²) in [7, 11) is 0. The molecule has 1 rings (SSSR count). The summed E-state index contributed by atoms with van der Waals surface area (Å²) >= 11 is 0. The average molecular weight is 671 g/mol. The second-order valence-electron chi connectivity index (χ2n) is 14.5. The van der Waals surface area contributed by atoms with Crippen molar-refractivity contribution < 1.29 is 17.6 Å². The van der Waals surface area contributed by atoms with Gasteiger partial charge in [0.25, 0.3) is 0 Å². The van der Waals surface area contributed by atoms with Crippen LogP contribution >= 0.6 is 0 Å². The molecule has 1 aromatic rings. The van der Waals surface area contributed by atoms with Crippen molar-refractivity contribution in [3.63, 3.8) is 0 Å². The first-order valence-electron chi connectivity index (χ1n) is 18.4. The van der Waals surface area contributed by atoms with Crippen LogP contribution in [0.15, 0.2) is 38.0 Å². The lowest BCUT2D eigenvalue weighted by atomic mass is 9.61. The lowest BCUT2D eigenvalue weighted by Gasteiger charge is -2.44. The predicted molar refractivity (Wildman–Crippen MR) is 206 cm³/mol. The average Bonchev–Trinajstić information content (AvgIpc) is 3.02. The molecule has 0 radical (unpaired) electrons. The van der Waals surface area contributed by atoms with E-state index in [2.05, 4.69) is 95.9 Å². The molecule has 0 aliphatic rings. The van der Waals surface area contributed by atoms with Crippen LogP contribution < -0.4 is 0 Å². The van der Waals surface area contributed by atoms with E-state index in [-0.39, 0.29) is 11.6 Å². The largest absolute Gasteiger partial charge is 0.204 e. The first-order valence-corrected chi connectivity index (χ1v) is 18.4. The Morgan fingerprint density at radius 3 is 1.38 bits per heavy atom. The number of hydrogen-bond donors (Lipinski definition) is 0. The molecule has 0 N–H and O–H groups in total. The van der Waals surface area contributed by atoms with E-state index >= 15 is 0 Å². The van der Waals surface area contributed by atoms with Gasteiger partial charge in [-0.3, -0.25) is 0 Å². The van der Waals surface area contributed by atoms with Crippen LogP contribution in [0.4, 0.5) is 17.6 Å². The maximum atomic E-state index is 13.0. The Hall–Kier alpha value is -1.84. The van der Waals surface area contributed by atoms with Crippen LogP contribution in [0.1, 0.15) is 168 Å². The Morgan fingerprint density at radius 2 is 1.04 bits per heavy atom. The summed E-state index contributed by atoms with van der Waals surface area (Å²) in [5.41, 5.74) is -0.212. The van der Waals surface area contributed by atoms with E-state index in [1.54, 1.807) is 6.08 Å². The normalized spacial score (nSPS) is 13.5. The van der Waals surface area contributed by atoms with Crippen molar-refractivity contribution in [2.45, 2.75) is 162 Å². The van der Waals surface area contributed by atoms with Crippen LogP contribution in [0.25, 0.3) is 5.57 Å². The molecule has 0 amide bonds. The molecule has 4 unspecified atom stereocenters. The molecule has 0 saturated carbocycles. The highest BCUT2D eigenvalue weighted by Gasteiger charge is 2.37. The van der Waals surface area contributed by atoms with E-state index < -0.39 is 28.8 Å². The van der Waals surface area contributed by atoms with Crippen molar-refractivity contribution in [3.8, 4) is 0 Å². The number of rotatable bonds is 15. The van der Waals surface area contributed by atoms with Crippen LogP contribution in [0.2, 0.25) is 0 Å². The smallest absolute Gasteiger partial charge is 0.169 e. The van der Waals surface area contributed by atoms with Gasteiger partial charge in [-0.2, -0.15) is 0 Å². The van der Waals surface area contributed by atoms with E-state index in [0.29, 0.717) is 10.8 Å². The SMILES string of the molecule is C=CC.C=CC(=C)c1c(F)c(F)cc(F)c1F.CC.CC.CC(C)C(C)C(C)C(C)CCCCCCCCC(C)C(C)(C)C(C)(C)C. The van der Waals surface area contributed by atoms with E-state index in [0.717, 1.165) is 35.7 Å². The Bertz CT molecular complexity index is 925. The Kier molecular flexibility index (Phi) is 31.0. The highest BCUT2D eigenvalue weighted by molar-refractivity contribution is 5.72. The molecule has 47 heavy (non-hydrogen) atoms. The van der Waals surface area contributed by atoms with Crippen molar-refractivity contribution in [3.05, 3.63) is 66.8 Å². The van der Waals surface area contributed by atoms with E-state index in [1.807, 2.05) is 34.6 Å². The molecule has 278 valence electrons. The Labute approximate surface area is 292 Å². The number of allylic oxidation sites excluding steroid dienone is 3. The van der Waals surface area contributed by atoms with Crippen LogP contribution in [-0.2, 0) is 0 Å². The second kappa shape index (κ2) is 28.0. The zero-order valence-corrected chi connectivity index (χ0v) is 33.9. The van der Waals surface area contributed by atoms with E-state index in [4.69, 9.17) is 0 Å². The molecule has 1 aromatic carbocycles. The topological polar surface area (TPSA) is 0 Å². The van der Waals surface area contributed by atoms with E-state index in [9.17, 15) is 17.6 Å². The quantitative estimate of drug-likeness (QED) is 0.0573. The molecule has 0 fully saturated rings. The summed E-state index contributed by atoms with van der Waals surface area (Å²) < 4.78 is 51.3. The van der Waals surface area contributed by atoms with Gasteiger partial charge in [0.2, 0.25) is 0 Å². The highest BCUT2D eigenvalue weighted by Crippen LogP contribution is 2.45. The molecule has 4 atom stereocenters. The van der Waals surface area contributed by atoms with Gasteiger partial charge in [-0.25, -0.2) is 17.6 Å². The van der Waals surface area contributed by atoms with Gasteiger partial charge in [0.1, 0.15) is 0 Å². The van der Waals surface area contributed by atoms with Gasteiger partial charge in [0.05, 0.1) is 5.56 Å². The molecule has 0 aliphatic heterocycles. The third-order valence-electron chi connectivity index (χ3n) is 10.2. The first kappa shape index (κ1) is 52.0. The van der Waals surface area contributed by atoms with Gasteiger partial charge >= 0.3 is 0 Å². The summed E-state index contributed by atoms with van der Waals surface area (Å²) in [6.07, 6.45) is 14.2. The Balaban J connectivity index is -0.000000366. The van der Waals surface area contributed by atoms with Gasteiger partial charge in [-0.1, -0.05) is 181 Å². The number of hydrogen-bond acceptors (Lipinski definition) is 0.